The Morgan fingerprint density at radius 1 is 1.09 bits per heavy atom. The molecular weight excluding hydrogens is 496 g/mol. The number of carbonyl (C=O) groups is 1. The first-order valence-electron chi connectivity index (χ1n) is 11.6. The number of para-hydroxylation sites is 2. The Hall–Kier alpha value is -2.91. The highest BCUT2D eigenvalue weighted by Gasteiger charge is 2.20. The number of benzene rings is 2. The van der Waals surface area contributed by atoms with Gasteiger partial charge in [-0.15, -0.1) is 5.10 Å². The Labute approximate surface area is 209 Å². The van der Waals surface area contributed by atoms with Gasteiger partial charge in [0.15, 0.2) is 5.69 Å². The van der Waals surface area contributed by atoms with Crippen molar-refractivity contribution in [2.45, 2.75) is 19.9 Å². The lowest BCUT2D eigenvalue weighted by Crippen LogP contribution is -2.47. The van der Waals surface area contributed by atoms with Gasteiger partial charge in [-0.05, 0) is 43.7 Å². The molecule has 0 spiro atoms. The normalized spacial score (nSPS) is 14.3. The Morgan fingerprint density at radius 2 is 1.82 bits per heavy atom. The number of nitrogens with one attached hydrogen (secondary N) is 1. The summed E-state index contributed by atoms with van der Waals surface area (Å²) in [5.41, 5.74) is 3.39. The molecule has 1 aliphatic rings. The van der Waals surface area contributed by atoms with Crippen LogP contribution in [-0.4, -0.2) is 72.2 Å². The van der Waals surface area contributed by atoms with Crippen LogP contribution in [0.3, 0.4) is 0 Å². The SMILES string of the molecule is COc1ccccc1N1CCN(CCCNC(=O)c2nnn(Cc3ccccc3Br)c2C)CC1. The molecule has 0 saturated carbocycles. The highest BCUT2D eigenvalue weighted by Crippen LogP contribution is 2.28. The summed E-state index contributed by atoms with van der Waals surface area (Å²) in [7, 11) is 1.72. The van der Waals surface area contributed by atoms with E-state index in [0.29, 0.717) is 18.8 Å². The Balaban J connectivity index is 1.20. The summed E-state index contributed by atoms with van der Waals surface area (Å²) < 4.78 is 8.27. The molecule has 2 aromatic carbocycles. The number of rotatable bonds is 9. The third-order valence-electron chi connectivity index (χ3n) is 6.21. The van der Waals surface area contributed by atoms with Crippen molar-refractivity contribution in [2.75, 3.05) is 51.3 Å². The second kappa shape index (κ2) is 11.5. The second-order valence-corrected chi connectivity index (χ2v) is 9.24. The third kappa shape index (κ3) is 5.77. The summed E-state index contributed by atoms with van der Waals surface area (Å²) in [5, 5.41) is 11.3. The fourth-order valence-electron chi connectivity index (χ4n) is 4.20. The van der Waals surface area contributed by atoms with Gasteiger partial charge in [0.2, 0.25) is 0 Å². The molecule has 0 atom stereocenters. The van der Waals surface area contributed by atoms with Crippen molar-refractivity contribution >= 4 is 27.5 Å². The van der Waals surface area contributed by atoms with Gasteiger partial charge in [-0.25, -0.2) is 4.68 Å². The lowest BCUT2D eigenvalue weighted by Gasteiger charge is -2.36. The van der Waals surface area contributed by atoms with Crippen LogP contribution in [0.2, 0.25) is 0 Å². The van der Waals surface area contributed by atoms with Crippen molar-refractivity contribution in [3.05, 3.63) is 70.0 Å². The minimum atomic E-state index is -0.170. The molecule has 8 nitrogen and oxygen atoms in total. The van der Waals surface area contributed by atoms with E-state index in [0.717, 1.165) is 66.3 Å². The summed E-state index contributed by atoms with van der Waals surface area (Å²) in [6, 6.07) is 16.1. The highest BCUT2D eigenvalue weighted by atomic mass is 79.9. The maximum Gasteiger partial charge on any atom is 0.273 e. The van der Waals surface area contributed by atoms with Crippen LogP contribution in [0.4, 0.5) is 5.69 Å². The number of nitrogens with zero attached hydrogens (tertiary/aromatic N) is 5. The van der Waals surface area contributed by atoms with E-state index in [1.807, 2.05) is 49.4 Å². The van der Waals surface area contributed by atoms with Crippen LogP contribution in [0.25, 0.3) is 0 Å². The molecule has 1 amide bonds. The van der Waals surface area contributed by atoms with Gasteiger partial charge < -0.3 is 15.0 Å². The van der Waals surface area contributed by atoms with Crippen LogP contribution in [0, 0.1) is 6.92 Å². The van der Waals surface area contributed by atoms with Crippen molar-refractivity contribution in [2.24, 2.45) is 0 Å². The number of methoxy groups -OCH3 is 1. The zero-order valence-corrected chi connectivity index (χ0v) is 21.3. The third-order valence-corrected chi connectivity index (χ3v) is 6.98. The van der Waals surface area contributed by atoms with Gasteiger partial charge >= 0.3 is 0 Å². The van der Waals surface area contributed by atoms with E-state index in [4.69, 9.17) is 4.74 Å². The molecule has 1 saturated heterocycles. The van der Waals surface area contributed by atoms with Crippen LogP contribution < -0.4 is 15.0 Å². The fourth-order valence-corrected chi connectivity index (χ4v) is 4.61. The molecule has 180 valence electrons. The molecule has 0 aliphatic carbocycles. The van der Waals surface area contributed by atoms with E-state index in [9.17, 15) is 4.79 Å². The number of hydrogen-bond acceptors (Lipinski definition) is 6. The van der Waals surface area contributed by atoms with E-state index in [1.165, 1.54) is 0 Å². The number of hydrogen-bond donors (Lipinski definition) is 1. The van der Waals surface area contributed by atoms with Gasteiger partial charge in [0.05, 0.1) is 25.0 Å². The summed E-state index contributed by atoms with van der Waals surface area (Å²) in [6.07, 6.45) is 0.893. The number of amides is 1. The summed E-state index contributed by atoms with van der Waals surface area (Å²) in [6.45, 7) is 7.93. The van der Waals surface area contributed by atoms with Crippen LogP contribution >= 0.6 is 15.9 Å². The monoisotopic (exact) mass is 526 g/mol. The smallest absolute Gasteiger partial charge is 0.273 e. The molecule has 1 aliphatic heterocycles. The first kappa shape index (κ1) is 24.2. The molecular formula is C25H31BrN6O2. The van der Waals surface area contributed by atoms with Gasteiger partial charge in [0, 0.05) is 37.2 Å². The highest BCUT2D eigenvalue weighted by molar-refractivity contribution is 9.10. The van der Waals surface area contributed by atoms with Crippen molar-refractivity contribution in [3.8, 4) is 5.75 Å². The molecule has 0 bridgehead atoms. The molecule has 1 aromatic heterocycles. The summed E-state index contributed by atoms with van der Waals surface area (Å²) in [4.78, 5) is 17.5. The average molecular weight is 527 g/mol. The van der Waals surface area contributed by atoms with Gasteiger partial charge in [-0.1, -0.05) is 51.5 Å². The largest absolute Gasteiger partial charge is 0.495 e. The number of anilines is 1. The van der Waals surface area contributed by atoms with Gasteiger partial charge in [-0.2, -0.15) is 0 Å². The van der Waals surface area contributed by atoms with Crippen LogP contribution in [0.1, 0.15) is 28.2 Å². The lowest BCUT2D eigenvalue weighted by atomic mass is 10.2. The molecule has 1 N–H and O–H groups in total. The lowest BCUT2D eigenvalue weighted by molar-refractivity contribution is 0.0945. The van der Waals surface area contributed by atoms with Crippen molar-refractivity contribution in [1.29, 1.82) is 0 Å². The standard InChI is InChI=1S/C25H31BrN6O2/c1-19-24(28-29-32(19)18-20-8-3-4-9-21(20)26)25(33)27-12-7-13-30-14-16-31(17-15-30)22-10-5-6-11-23(22)34-2/h3-6,8-11H,7,12-18H2,1-2H3,(H,27,33). The Bertz CT molecular complexity index is 1110. The maximum absolute atomic E-state index is 12.6. The van der Waals surface area contributed by atoms with E-state index < -0.39 is 0 Å². The van der Waals surface area contributed by atoms with Crippen LogP contribution in [0.5, 0.6) is 5.75 Å². The zero-order valence-electron chi connectivity index (χ0n) is 19.7. The number of piperazine rings is 1. The molecule has 1 fully saturated rings. The molecule has 9 heteroatoms. The topological polar surface area (TPSA) is 75.5 Å². The summed E-state index contributed by atoms with van der Waals surface area (Å²) >= 11 is 3.56. The Morgan fingerprint density at radius 3 is 2.59 bits per heavy atom. The minimum absolute atomic E-state index is 0.170. The first-order valence-corrected chi connectivity index (χ1v) is 12.4. The molecule has 3 aromatic rings. The molecule has 2 heterocycles. The van der Waals surface area contributed by atoms with Crippen molar-refractivity contribution in [3.63, 3.8) is 0 Å². The predicted molar refractivity (Wildman–Crippen MR) is 137 cm³/mol. The molecule has 0 unspecified atom stereocenters. The predicted octanol–water partition coefficient (Wildman–Crippen LogP) is 3.35. The number of carbonyl (C=O) groups excluding carboxylic acids is 1. The van der Waals surface area contributed by atoms with E-state index >= 15 is 0 Å². The number of halogens is 1. The molecule has 0 radical (unpaired) electrons. The van der Waals surface area contributed by atoms with Gasteiger partial charge in [0.25, 0.3) is 5.91 Å². The minimum Gasteiger partial charge on any atom is -0.495 e. The van der Waals surface area contributed by atoms with Crippen LogP contribution in [0.15, 0.2) is 53.0 Å². The molecule has 34 heavy (non-hydrogen) atoms. The second-order valence-electron chi connectivity index (χ2n) is 8.38. The van der Waals surface area contributed by atoms with Crippen molar-refractivity contribution in [1.82, 2.24) is 25.2 Å². The van der Waals surface area contributed by atoms with Gasteiger partial charge in [-0.3, -0.25) is 9.69 Å². The first-order chi connectivity index (χ1) is 16.6. The van der Waals surface area contributed by atoms with Crippen LogP contribution in [-0.2, 0) is 6.54 Å². The number of aromatic nitrogens is 3. The van der Waals surface area contributed by atoms with E-state index in [-0.39, 0.29) is 5.91 Å². The molecule has 4 rings (SSSR count). The number of ether oxygens (including phenoxy) is 1. The maximum atomic E-state index is 12.6. The quantitative estimate of drug-likeness (QED) is 0.431. The van der Waals surface area contributed by atoms with Crippen molar-refractivity contribution < 1.29 is 9.53 Å². The fraction of sp³-hybridized carbons (Fsp3) is 0.400. The van der Waals surface area contributed by atoms with Gasteiger partial charge in [0.1, 0.15) is 5.75 Å². The average Bonchev–Trinajstić information content (AvgIpc) is 3.23. The van der Waals surface area contributed by atoms with E-state index in [1.54, 1.807) is 11.8 Å². The summed E-state index contributed by atoms with van der Waals surface area (Å²) in [5.74, 6) is 0.749. The van der Waals surface area contributed by atoms with E-state index in [2.05, 4.69) is 47.4 Å². The zero-order chi connectivity index (χ0) is 23.9. The Kier molecular flexibility index (Phi) is 8.18.